The van der Waals surface area contributed by atoms with Crippen molar-refractivity contribution in [1.82, 2.24) is 5.32 Å². The third-order valence-corrected chi connectivity index (χ3v) is 4.97. The van der Waals surface area contributed by atoms with Crippen LogP contribution in [0.5, 0.6) is 0 Å². The van der Waals surface area contributed by atoms with Gasteiger partial charge in [-0.3, -0.25) is 9.59 Å². The van der Waals surface area contributed by atoms with Gasteiger partial charge in [0.05, 0.1) is 5.54 Å². The van der Waals surface area contributed by atoms with Crippen molar-refractivity contribution in [1.29, 1.82) is 0 Å². The summed E-state index contributed by atoms with van der Waals surface area (Å²) >= 11 is 0. The Kier molecular flexibility index (Phi) is 4.66. The predicted molar refractivity (Wildman–Crippen MR) is 89.9 cm³/mol. The van der Waals surface area contributed by atoms with Gasteiger partial charge in [0.1, 0.15) is 0 Å². The smallest absolute Gasteiger partial charge is 0.240 e. The Balaban J connectivity index is 1.56. The summed E-state index contributed by atoms with van der Waals surface area (Å²) in [5.74, 6) is 0.143. The highest BCUT2D eigenvalue weighted by Crippen LogP contribution is 2.26. The molecule has 1 aliphatic heterocycles. The van der Waals surface area contributed by atoms with Crippen molar-refractivity contribution >= 4 is 17.5 Å². The van der Waals surface area contributed by atoms with E-state index < -0.39 is 5.54 Å². The Hall–Kier alpha value is -1.88. The number of rotatable bonds is 4. The van der Waals surface area contributed by atoms with Crippen LogP contribution in [0.3, 0.4) is 0 Å². The van der Waals surface area contributed by atoms with E-state index in [2.05, 4.69) is 5.32 Å². The Labute approximate surface area is 137 Å². The first-order valence-electron chi connectivity index (χ1n) is 8.55. The normalized spacial score (nSPS) is 20.6. The van der Waals surface area contributed by atoms with Crippen molar-refractivity contribution in [3.05, 3.63) is 29.8 Å². The van der Waals surface area contributed by atoms with Gasteiger partial charge in [-0.2, -0.15) is 0 Å². The van der Waals surface area contributed by atoms with Gasteiger partial charge in [-0.15, -0.1) is 0 Å². The Morgan fingerprint density at radius 1 is 1.13 bits per heavy atom. The Morgan fingerprint density at radius 2 is 1.83 bits per heavy atom. The van der Waals surface area contributed by atoms with Crippen LogP contribution in [0.2, 0.25) is 0 Å². The van der Waals surface area contributed by atoms with Gasteiger partial charge < -0.3 is 16.0 Å². The largest absolute Gasteiger partial charge is 0.350 e. The molecule has 5 nitrogen and oxygen atoms in total. The minimum absolute atomic E-state index is 0.0454. The number of hydrogen-bond donors (Lipinski definition) is 2. The van der Waals surface area contributed by atoms with Gasteiger partial charge in [0.2, 0.25) is 11.8 Å². The number of hydrogen-bond acceptors (Lipinski definition) is 3. The number of amides is 2. The van der Waals surface area contributed by atoms with Gasteiger partial charge in [0.25, 0.3) is 0 Å². The van der Waals surface area contributed by atoms with Gasteiger partial charge in [-0.05, 0) is 37.0 Å². The van der Waals surface area contributed by atoms with Crippen LogP contribution in [0.25, 0.3) is 0 Å². The average molecular weight is 315 g/mol. The lowest BCUT2D eigenvalue weighted by Gasteiger charge is -2.31. The molecule has 0 aromatic heterocycles. The zero-order valence-corrected chi connectivity index (χ0v) is 13.5. The topological polar surface area (TPSA) is 75.4 Å². The van der Waals surface area contributed by atoms with E-state index in [4.69, 9.17) is 5.73 Å². The molecule has 2 amide bonds. The van der Waals surface area contributed by atoms with Gasteiger partial charge >= 0.3 is 0 Å². The number of nitrogens with two attached hydrogens (primary N) is 1. The Bertz CT molecular complexity index is 576. The summed E-state index contributed by atoms with van der Waals surface area (Å²) in [6.45, 7) is 1.27. The fourth-order valence-corrected chi connectivity index (χ4v) is 3.48. The number of carbonyl (C=O) groups excluding carboxylic acids is 2. The number of nitrogens with one attached hydrogen (secondary N) is 1. The highest BCUT2D eigenvalue weighted by atomic mass is 16.2. The molecule has 3 N–H and O–H groups in total. The second-order valence-corrected chi connectivity index (χ2v) is 6.71. The predicted octanol–water partition coefficient (Wildman–Crippen LogP) is 2.09. The number of benzene rings is 1. The van der Waals surface area contributed by atoms with E-state index in [1.165, 1.54) is 6.42 Å². The summed E-state index contributed by atoms with van der Waals surface area (Å²) in [6, 6.07) is 7.82. The molecule has 1 saturated heterocycles. The third-order valence-electron chi connectivity index (χ3n) is 4.97. The van der Waals surface area contributed by atoms with Crippen LogP contribution in [0.1, 0.15) is 50.5 Å². The zero-order valence-electron chi connectivity index (χ0n) is 13.5. The molecule has 0 bridgehead atoms. The molecule has 1 aliphatic carbocycles. The molecular formula is C18H25N3O2. The van der Waals surface area contributed by atoms with E-state index in [1.54, 1.807) is 0 Å². The highest BCUT2D eigenvalue weighted by Gasteiger charge is 2.34. The average Bonchev–Trinajstić information content (AvgIpc) is 3.00. The summed E-state index contributed by atoms with van der Waals surface area (Å²) in [5, 5.41) is 2.96. The lowest BCUT2D eigenvalue weighted by molar-refractivity contribution is -0.127. The molecular weight excluding hydrogens is 290 g/mol. The summed E-state index contributed by atoms with van der Waals surface area (Å²) in [4.78, 5) is 25.9. The minimum Gasteiger partial charge on any atom is -0.350 e. The molecule has 5 heteroatoms. The molecule has 23 heavy (non-hydrogen) atoms. The Morgan fingerprint density at radius 3 is 2.43 bits per heavy atom. The van der Waals surface area contributed by atoms with Crippen molar-refractivity contribution in [2.75, 3.05) is 11.4 Å². The second-order valence-electron chi connectivity index (χ2n) is 6.71. The minimum atomic E-state index is -0.694. The van der Waals surface area contributed by atoms with Crippen molar-refractivity contribution in [3.63, 3.8) is 0 Å². The monoisotopic (exact) mass is 315 g/mol. The zero-order chi connectivity index (χ0) is 16.3. The molecule has 1 heterocycles. The summed E-state index contributed by atoms with van der Waals surface area (Å²) in [5.41, 5.74) is 7.50. The molecule has 0 radical (unpaired) electrons. The number of anilines is 1. The fourth-order valence-electron chi connectivity index (χ4n) is 3.48. The lowest BCUT2D eigenvalue weighted by Crippen LogP contribution is -2.54. The van der Waals surface area contributed by atoms with Gasteiger partial charge in [0.15, 0.2) is 0 Å². The first-order valence-corrected chi connectivity index (χ1v) is 8.55. The summed E-state index contributed by atoms with van der Waals surface area (Å²) < 4.78 is 0. The van der Waals surface area contributed by atoms with Crippen molar-refractivity contribution in [3.8, 4) is 0 Å². The highest BCUT2D eigenvalue weighted by molar-refractivity contribution is 5.95. The molecule has 2 aliphatic rings. The van der Waals surface area contributed by atoms with E-state index in [0.717, 1.165) is 49.9 Å². The quantitative estimate of drug-likeness (QED) is 0.893. The SMILES string of the molecule is NC1(C(=O)NCc2ccc(N3CCCC3=O)cc2)CCCCC1. The molecule has 1 aromatic rings. The molecule has 2 fully saturated rings. The molecule has 0 spiro atoms. The molecule has 1 aromatic carbocycles. The van der Waals surface area contributed by atoms with E-state index in [9.17, 15) is 9.59 Å². The van der Waals surface area contributed by atoms with E-state index in [0.29, 0.717) is 13.0 Å². The third kappa shape index (κ3) is 3.55. The van der Waals surface area contributed by atoms with Gasteiger partial charge in [0, 0.05) is 25.2 Å². The van der Waals surface area contributed by atoms with Crippen molar-refractivity contribution in [2.24, 2.45) is 5.73 Å². The van der Waals surface area contributed by atoms with Crippen molar-refractivity contribution < 1.29 is 9.59 Å². The maximum atomic E-state index is 12.3. The fraction of sp³-hybridized carbons (Fsp3) is 0.556. The van der Waals surface area contributed by atoms with E-state index >= 15 is 0 Å². The van der Waals surface area contributed by atoms with Crippen LogP contribution in [0.15, 0.2) is 24.3 Å². The second kappa shape index (κ2) is 6.71. The first kappa shape index (κ1) is 16.0. The molecule has 1 saturated carbocycles. The van der Waals surface area contributed by atoms with Crippen LogP contribution < -0.4 is 16.0 Å². The van der Waals surface area contributed by atoms with Gasteiger partial charge in [-0.25, -0.2) is 0 Å². The molecule has 3 rings (SSSR count). The number of carbonyl (C=O) groups is 2. The molecule has 124 valence electrons. The lowest BCUT2D eigenvalue weighted by atomic mass is 9.82. The van der Waals surface area contributed by atoms with E-state index in [-0.39, 0.29) is 11.8 Å². The van der Waals surface area contributed by atoms with Crippen LogP contribution in [-0.4, -0.2) is 23.9 Å². The molecule has 0 atom stereocenters. The first-order chi connectivity index (χ1) is 11.1. The van der Waals surface area contributed by atoms with E-state index in [1.807, 2.05) is 29.2 Å². The summed E-state index contributed by atoms with van der Waals surface area (Å²) in [6.07, 6.45) is 6.34. The number of nitrogens with zero attached hydrogens (tertiary/aromatic N) is 1. The van der Waals surface area contributed by atoms with Crippen LogP contribution in [0.4, 0.5) is 5.69 Å². The van der Waals surface area contributed by atoms with Crippen molar-refractivity contribution in [2.45, 2.75) is 57.0 Å². The molecule has 0 unspecified atom stereocenters. The van der Waals surface area contributed by atoms with Gasteiger partial charge in [-0.1, -0.05) is 31.4 Å². The maximum Gasteiger partial charge on any atom is 0.240 e. The maximum absolute atomic E-state index is 12.3. The van der Waals surface area contributed by atoms with Crippen LogP contribution in [-0.2, 0) is 16.1 Å². The standard InChI is InChI=1S/C18H25N3O2/c19-18(10-2-1-3-11-18)17(23)20-13-14-6-8-15(9-7-14)21-12-4-5-16(21)22/h6-9H,1-5,10-13,19H2,(H,20,23). The van der Waals surface area contributed by atoms with Crippen LogP contribution in [0, 0.1) is 0 Å². The summed E-state index contributed by atoms with van der Waals surface area (Å²) in [7, 11) is 0. The van der Waals surface area contributed by atoms with Crippen LogP contribution >= 0.6 is 0 Å².